The molecule has 3 rings (SSSR count). The van der Waals surface area contributed by atoms with Gasteiger partial charge in [-0.05, 0) is 23.3 Å². The van der Waals surface area contributed by atoms with Gasteiger partial charge in [-0.1, -0.05) is 42.5 Å². The number of ether oxygens (including phenoxy) is 1. The molecule has 0 spiro atoms. The number of aromatic carboxylic acids is 1. The summed E-state index contributed by atoms with van der Waals surface area (Å²) in [6, 6.07) is 14.8. The Balaban J connectivity index is 1.79. The fourth-order valence-electron chi connectivity index (χ4n) is 2.69. The summed E-state index contributed by atoms with van der Waals surface area (Å²) in [6.07, 6.45) is -0.672. The minimum Gasteiger partial charge on any atom is -0.545 e. The molecule has 6 heteroatoms. The van der Waals surface area contributed by atoms with Crippen molar-refractivity contribution in [3.8, 4) is 0 Å². The summed E-state index contributed by atoms with van der Waals surface area (Å²) in [5.74, 6) is -2.84. The van der Waals surface area contributed by atoms with Crippen molar-refractivity contribution in [1.82, 2.24) is 0 Å². The molecule has 1 aliphatic rings. The van der Waals surface area contributed by atoms with Crippen molar-refractivity contribution in [1.29, 1.82) is 0 Å². The van der Waals surface area contributed by atoms with Gasteiger partial charge in [0.25, 0.3) is 0 Å². The van der Waals surface area contributed by atoms with Crippen molar-refractivity contribution in [2.24, 2.45) is 5.92 Å². The van der Waals surface area contributed by atoms with Crippen LogP contribution in [0.25, 0.3) is 0 Å². The molecule has 2 atom stereocenters. The van der Waals surface area contributed by atoms with E-state index in [9.17, 15) is 19.5 Å². The fourth-order valence-corrected chi connectivity index (χ4v) is 2.69. The summed E-state index contributed by atoms with van der Waals surface area (Å²) in [4.78, 5) is 35.1. The van der Waals surface area contributed by atoms with Gasteiger partial charge in [0.15, 0.2) is 0 Å². The van der Waals surface area contributed by atoms with Crippen LogP contribution in [-0.4, -0.2) is 17.8 Å². The first-order valence-electron chi connectivity index (χ1n) is 7.41. The van der Waals surface area contributed by atoms with Crippen LogP contribution in [0.15, 0.2) is 54.6 Å². The van der Waals surface area contributed by atoms with Crippen molar-refractivity contribution >= 4 is 23.5 Å². The summed E-state index contributed by atoms with van der Waals surface area (Å²) in [6.45, 7) is 0. The van der Waals surface area contributed by atoms with Gasteiger partial charge >= 0.3 is 5.97 Å². The van der Waals surface area contributed by atoms with E-state index in [1.807, 2.05) is 6.07 Å². The lowest BCUT2D eigenvalue weighted by Crippen LogP contribution is -2.26. The Kier molecular flexibility index (Phi) is 4.29. The van der Waals surface area contributed by atoms with E-state index in [0.717, 1.165) is 5.56 Å². The van der Waals surface area contributed by atoms with Gasteiger partial charge in [0, 0.05) is 5.69 Å². The normalized spacial score (nSPS) is 19.6. The molecule has 0 radical (unpaired) electrons. The van der Waals surface area contributed by atoms with Gasteiger partial charge in [0.05, 0.1) is 18.3 Å². The average molecular weight is 324 g/mol. The Bertz CT molecular complexity index is 787. The maximum atomic E-state index is 12.5. The highest BCUT2D eigenvalue weighted by Crippen LogP contribution is 2.36. The molecule has 1 amide bonds. The number of carbonyl (C=O) groups excluding carboxylic acids is 3. The number of anilines is 1. The Morgan fingerprint density at radius 2 is 1.83 bits per heavy atom. The molecule has 1 saturated heterocycles. The first-order valence-corrected chi connectivity index (χ1v) is 7.41. The van der Waals surface area contributed by atoms with E-state index in [4.69, 9.17) is 4.74 Å². The van der Waals surface area contributed by atoms with Crippen molar-refractivity contribution in [3.63, 3.8) is 0 Å². The van der Waals surface area contributed by atoms with Gasteiger partial charge in [0.2, 0.25) is 5.91 Å². The largest absolute Gasteiger partial charge is 0.545 e. The molecule has 1 N–H and O–H groups in total. The van der Waals surface area contributed by atoms with E-state index in [1.165, 1.54) is 18.2 Å². The Morgan fingerprint density at radius 1 is 1.08 bits per heavy atom. The second-order valence-electron chi connectivity index (χ2n) is 5.49. The third-order valence-corrected chi connectivity index (χ3v) is 3.84. The quantitative estimate of drug-likeness (QED) is 0.855. The third kappa shape index (κ3) is 3.27. The lowest BCUT2D eigenvalue weighted by molar-refractivity contribution is -0.255. The molecule has 2 aromatic carbocycles. The van der Waals surface area contributed by atoms with E-state index in [0.29, 0.717) is 5.69 Å². The van der Waals surface area contributed by atoms with Crippen LogP contribution in [0.5, 0.6) is 0 Å². The van der Waals surface area contributed by atoms with Gasteiger partial charge in [-0.15, -0.1) is 0 Å². The van der Waals surface area contributed by atoms with Crippen molar-refractivity contribution in [3.05, 3.63) is 65.7 Å². The molecule has 1 fully saturated rings. The van der Waals surface area contributed by atoms with Crippen molar-refractivity contribution in [2.45, 2.75) is 12.5 Å². The van der Waals surface area contributed by atoms with Crippen LogP contribution in [0.1, 0.15) is 28.4 Å². The highest BCUT2D eigenvalue weighted by molar-refractivity contribution is 5.97. The SMILES string of the molecule is O=C1C[C@@H](C(=O)Nc2cccc(C(=O)[O-])c2)[C@H](c2ccccc2)O1. The molecule has 2 aromatic rings. The summed E-state index contributed by atoms with van der Waals surface area (Å²) in [5.41, 5.74) is 1.03. The number of carbonyl (C=O) groups is 3. The monoisotopic (exact) mass is 324 g/mol. The Labute approximate surface area is 138 Å². The van der Waals surface area contributed by atoms with Crippen molar-refractivity contribution in [2.75, 3.05) is 5.32 Å². The average Bonchev–Trinajstić information content (AvgIpc) is 2.98. The predicted molar refractivity (Wildman–Crippen MR) is 82.8 cm³/mol. The maximum Gasteiger partial charge on any atom is 0.307 e. The highest BCUT2D eigenvalue weighted by atomic mass is 16.6. The van der Waals surface area contributed by atoms with Crippen LogP contribution in [0.2, 0.25) is 0 Å². The highest BCUT2D eigenvalue weighted by Gasteiger charge is 2.40. The number of rotatable bonds is 4. The summed E-state index contributed by atoms with van der Waals surface area (Å²) >= 11 is 0. The lowest BCUT2D eigenvalue weighted by atomic mass is 9.94. The predicted octanol–water partition coefficient (Wildman–Crippen LogP) is 1.29. The third-order valence-electron chi connectivity index (χ3n) is 3.84. The van der Waals surface area contributed by atoms with Gasteiger partial charge < -0.3 is 20.0 Å². The number of hydrogen-bond acceptors (Lipinski definition) is 5. The summed E-state index contributed by atoms with van der Waals surface area (Å²) in [5, 5.41) is 13.5. The molecular formula is C18H14NO5-. The van der Waals surface area contributed by atoms with Crippen LogP contribution in [0, 0.1) is 5.92 Å². The van der Waals surface area contributed by atoms with Gasteiger partial charge in [0.1, 0.15) is 6.10 Å². The first-order chi connectivity index (χ1) is 11.5. The molecule has 24 heavy (non-hydrogen) atoms. The topological polar surface area (TPSA) is 95.5 Å². The number of carboxylic acids is 1. The number of benzene rings is 2. The zero-order valence-corrected chi connectivity index (χ0v) is 12.6. The first kappa shape index (κ1) is 15.7. The van der Waals surface area contributed by atoms with Crippen LogP contribution >= 0.6 is 0 Å². The molecule has 0 aromatic heterocycles. The van der Waals surface area contributed by atoms with Gasteiger partial charge in [-0.2, -0.15) is 0 Å². The molecule has 122 valence electrons. The molecule has 1 aliphatic heterocycles. The van der Waals surface area contributed by atoms with E-state index < -0.39 is 29.9 Å². The minimum atomic E-state index is -1.33. The van der Waals surface area contributed by atoms with Gasteiger partial charge in [-0.25, -0.2) is 0 Å². The maximum absolute atomic E-state index is 12.5. The van der Waals surface area contributed by atoms with Crippen LogP contribution in [0.4, 0.5) is 5.69 Å². The van der Waals surface area contributed by atoms with Crippen LogP contribution < -0.4 is 10.4 Å². The van der Waals surface area contributed by atoms with E-state index in [2.05, 4.69) is 5.32 Å². The number of amides is 1. The molecule has 0 unspecified atom stereocenters. The van der Waals surface area contributed by atoms with Gasteiger partial charge in [-0.3, -0.25) is 9.59 Å². The molecular weight excluding hydrogens is 310 g/mol. The van der Waals surface area contributed by atoms with Crippen LogP contribution in [-0.2, 0) is 14.3 Å². The number of carboxylic acid groups (broad SMARTS) is 1. The number of nitrogens with one attached hydrogen (secondary N) is 1. The molecule has 0 aliphatic carbocycles. The van der Waals surface area contributed by atoms with E-state index in [-0.39, 0.29) is 12.0 Å². The lowest BCUT2D eigenvalue weighted by Gasteiger charge is -2.18. The van der Waals surface area contributed by atoms with Crippen molar-refractivity contribution < 1.29 is 24.2 Å². The van der Waals surface area contributed by atoms with E-state index in [1.54, 1.807) is 30.3 Å². The molecule has 0 saturated carbocycles. The number of hydrogen-bond donors (Lipinski definition) is 1. The smallest absolute Gasteiger partial charge is 0.307 e. The fraction of sp³-hybridized carbons (Fsp3) is 0.167. The van der Waals surface area contributed by atoms with E-state index >= 15 is 0 Å². The summed E-state index contributed by atoms with van der Waals surface area (Å²) in [7, 11) is 0. The van der Waals surface area contributed by atoms with Crippen LogP contribution in [0.3, 0.4) is 0 Å². The molecule has 1 heterocycles. The zero-order chi connectivity index (χ0) is 17.1. The Morgan fingerprint density at radius 3 is 2.54 bits per heavy atom. The second kappa shape index (κ2) is 6.54. The Hall–Kier alpha value is -3.15. The second-order valence-corrected chi connectivity index (χ2v) is 5.49. The standard InChI is InChI=1S/C18H15NO5/c20-15-10-14(16(24-15)11-5-2-1-3-6-11)17(21)19-13-8-4-7-12(9-13)18(22)23/h1-9,14,16H,10H2,(H,19,21)(H,22,23)/p-1/t14-,16+/m1/s1. The molecule has 0 bridgehead atoms. The number of esters is 1. The molecule has 6 nitrogen and oxygen atoms in total. The number of cyclic esters (lactones) is 1. The summed E-state index contributed by atoms with van der Waals surface area (Å²) < 4.78 is 5.28. The minimum absolute atomic E-state index is 0.0223. The zero-order valence-electron chi connectivity index (χ0n) is 12.6.